The summed E-state index contributed by atoms with van der Waals surface area (Å²) >= 11 is 9.01. The minimum Gasteiger partial charge on any atom is -0.487 e. The predicted octanol–water partition coefficient (Wildman–Crippen LogP) is 3.98. The highest BCUT2D eigenvalue weighted by Crippen LogP contribution is 2.26. The van der Waals surface area contributed by atoms with Gasteiger partial charge in [-0.25, -0.2) is 0 Å². The van der Waals surface area contributed by atoms with E-state index < -0.39 is 4.92 Å². The molecule has 1 heterocycles. The number of rotatable bonds is 4. The molecule has 0 bridgehead atoms. The molecule has 98 valence electrons. The number of nitrogens with zero attached hydrogens (tertiary/aromatic N) is 2. The maximum atomic E-state index is 10.8. The normalized spacial score (nSPS) is 10.2. The second-order valence-corrected chi connectivity index (χ2v) is 4.99. The van der Waals surface area contributed by atoms with Crippen LogP contribution in [0.25, 0.3) is 0 Å². The van der Waals surface area contributed by atoms with Gasteiger partial charge in [-0.3, -0.25) is 15.1 Å². The Morgan fingerprint density at radius 1 is 1.37 bits per heavy atom. The van der Waals surface area contributed by atoms with Gasteiger partial charge in [-0.2, -0.15) is 0 Å². The van der Waals surface area contributed by atoms with Gasteiger partial charge in [-0.15, -0.1) is 0 Å². The van der Waals surface area contributed by atoms with Gasteiger partial charge in [0.2, 0.25) is 0 Å². The number of aromatic nitrogens is 1. The molecule has 1 aromatic heterocycles. The maximum Gasteiger partial charge on any atom is 0.288 e. The Kier molecular flexibility index (Phi) is 4.34. The third-order valence-electron chi connectivity index (χ3n) is 2.29. The minimum absolute atomic E-state index is 0.109. The zero-order valence-electron chi connectivity index (χ0n) is 9.55. The van der Waals surface area contributed by atoms with E-state index in [0.717, 1.165) is 4.47 Å². The molecule has 0 N–H and O–H groups in total. The fourth-order valence-electron chi connectivity index (χ4n) is 1.43. The van der Waals surface area contributed by atoms with Gasteiger partial charge in [-0.05, 0) is 33.6 Å². The molecule has 0 unspecified atom stereocenters. The SMILES string of the molecule is O=[N+]([O-])c1cc(COc2cncc(Br)c2)ccc1Cl. The molecule has 5 nitrogen and oxygen atoms in total. The molecule has 0 saturated heterocycles. The standard InChI is InChI=1S/C12H8BrClN2O3/c13-9-4-10(6-15-5-9)19-7-8-1-2-11(14)12(3-8)16(17)18/h1-6H,7H2. The smallest absolute Gasteiger partial charge is 0.288 e. The first-order valence-electron chi connectivity index (χ1n) is 5.22. The lowest BCUT2D eigenvalue weighted by atomic mass is 10.2. The van der Waals surface area contributed by atoms with Gasteiger partial charge in [0.25, 0.3) is 5.69 Å². The molecule has 7 heteroatoms. The van der Waals surface area contributed by atoms with Gasteiger partial charge >= 0.3 is 0 Å². The predicted molar refractivity (Wildman–Crippen MR) is 74.4 cm³/mol. The number of halogens is 2. The van der Waals surface area contributed by atoms with Crippen molar-refractivity contribution in [1.29, 1.82) is 0 Å². The third kappa shape index (κ3) is 3.65. The van der Waals surface area contributed by atoms with Crippen molar-refractivity contribution in [1.82, 2.24) is 4.98 Å². The molecule has 2 rings (SSSR count). The van der Waals surface area contributed by atoms with Crippen molar-refractivity contribution in [3.63, 3.8) is 0 Å². The summed E-state index contributed by atoms with van der Waals surface area (Å²) < 4.78 is 6.29. The largest absolute Gasteiger partial charge is 0.487 e. The summed E-state index contributed by atoms with van der Waals surface area (Å²) in [5, 5.41) is 10.9. The lowest BCUT2D eigenvalue weighted by Gasteiger charge is -2.06. The molecule has 0 fully saturated rings. The molecule has 0 saturated carbocycles. The van der Waals surface area contributed by atoms with Crippen molar-refractivity contribution in [2.24, 2.45) is 0 Å². The molecule has 19 heavy (non-hydrogen) atoms. The molecule has 0 amide bonds. The Hall–Kier alpha value is -1.66. The Morgan fingerprint density at radius 3 is 2.84 bits per heavy atom. The molecule has 2 aromatic rings. The van der Waals surface area contributed by atoms with Crippen molar-refractivity contribution in [3.05, 3.63) is 61.8 Å². The van der Waals surface area contributed by atoms with E-state index in [4.69, 9.17) is 16.3 Å². The summed E-state index contributed by atoms with van der Waals surface area (Å²) in [6.07, 6.45) is 3.20. The van der Waals surface area contributed by atoms with Crippen LogP contribution in [0.2, 0.25) is 5.02 Å². The lowest BCUT2D eigenvalue weighted by Crippen LogP contribution is -1.98. The highest BCUT2D eigenvalue weighted by atomic mass is 79.9. The van der Waals surface area contributed by atoms with Gasteiger partial charge in [0.05, 0.1) is 11.1 Å². The zero-order valence-corrected chi connectivity index (χ0v) is 11.9. The van der Waals surface area contributed by atoms with Crippen LogP contribution >= 0.6 is 27.5 Å². The summed E-state index contributed by atoms with van der Waals surface area (Å²) in [5.41, 5.74) is 0.534. The third-order valence-corrected chi connectivity index (χ3v) is 3.05. The van der Waals surface area contributed by atoms with E-state index >= 15 is 0 Å². The average molecular weight is 344 g/mol. The Morgan fingerprint density at radius 2 is 2.16 bits per heavy atom. The summed E-state index contributed by atoms with van der Waals surface area (Å²) in [5.74, 6) is 0.576. The van der Waals surface area contributed by atoms with E-state index in [9.17, 15) is 10.1 Å². The topological polar surface area (TPSA) is 65.3 Å². The second-order valence-electron chi connectivity index (χ2n) is 3.67. The van der Waals surface area contributed by atoms with E-state index in [0.29, 0.717) is 11.3 Å². The second kappa shape index (κ2) is 5.99. The number of hydrogen-bond donors (Lipinski definition) is 0. The number of benzene rings is 1. The molecule has 0 atom stereocenters. The van der Waals surface area contributed by atoms with E-state index in [1.54, 1.807) is 24.5 Å². The van der Waals surface area contributed by atoms with E-state index in [1.807, 2.05) is 0 Å². The summed E-state index contributed by atoms with van der Waals surface area (Å²) in [7, 11) is 0. The molecular weight excluding hydrogens is 336 g/mol. The van der Waals surface area contributed by atoms with Crippen LogP contribution in [0.5, 0.6) is 5.75 Å². The van der Waals surface area contributed by atoms with E-state index in [-0.39, 0.29) is 17.3 Å². The quantitative estimate of drug-likeness (QED) is 0.622. The first-order valence-corrected chi connectivity index (χ1v) is 6.39. The highest BCUT2D eigenvalue weighted by Gasteiger charge is 2.12. The lowest BCUT2D eigenvalue weighted by molar-refractivity contribution is -0.384. The van der Waals surface area contributed by atoms with Crippen LogP contribution in [0, 0.1) is 10.1 Å². The number of pyridine rings is 1. The minimum atomic E-state index is -0.521. The molecule has 0 aliphatic carbocycles. The Bertz CT molecular complexity index is 622. The summed E-state index contributed by atoms with van der Waals surface area (Å²) in [4.78, 5) is 14.2. The molecule has 0 aliphatic rings. The van der Waals surface area contributed by atoms with Crippen LogP contribution in [-0.4, -0.2) is 9.91 Å². The molecule has 1 aromatic carbocycles. The molecule has 0 radical (unpaired) electrons. The van der Waals surface area contributed by atoms with Crippen LogP contribution in [0.3, 0.4) is 0 Å². The van der Waals surface area contributed by atoms with Crippen molar-refractivity contribution < 1.29 is 9.66 Å². The fraction of sp³-hybridized carbons (Fsp3) is 0.0833. The molecule has 0 spiro atoms. The van der Waals surface area contributed by atoms with Gasteiger partial charge in [0, 0.05) is 16.7 Å². The van der Waals surface area contributed by atoms with E-state index in [2.05, 4.69) is 20.9 Å². The van der Waals surface area contributed by atoms with Gasteiger partial charge in [0.1, 0.15) is 17.4 Å². The van der Waals surface area contributed by atoms with E-state index in [1.165, 1.54) is 12.1 Å². The van der Waals surface area contributed by atoms with Gasteiger partial charge < -0.3 is 4.74 Å². The summed E-state index contributed by atoms with van der Waals surface area (Å²) in [6.45, 7) is 0.205. The fourth-order valence-corrected chi connectivity index (χ4v) is 1.96. The van der Waals surface area contributed by atoms with Crippen LogP contribution in [0.4, 0.5) is 5.69 Å². The molecular formula is C12H8BrClN2O3. The number of hydrogen-bond acceptors (Lipinski definition) is 4. The van der Waals surface area contributed by atoms with Crippen LogP contribution in [-0.2, 0) is 6.61 Å². The molecule has 0 aliphatic heterocycles. The number of nitro groups is 1. The van der Waals surface area contributed by atoms with Crippen molar-refractivity contribution >= 4 is 33.2 Å². The Labute approximate surface area is 122 Å². The van der Waals surface area contributed by atoms with Gasteiger partial charge in [0.15, 0.2) is 0 Å². The summed E-state index contributed by atoms with van der Waals surface area (Å²) in [6, 6.07) is 6.32. The first-order chi connectivity index (χ1) is 9.06. The van der Waals surface area contributed by atoms with Crippen LogP contribution in [0.1, 0.15) is 5.56 Å². The van der Waals surface area contributed by atoms with Gasteiger partial charge in [-0.1, -0.05) is 17.7 Å². The Balaban J connectivity index is 2.12. The van der Waals surface area contributed by atoms with Crippen LogP contribution in [0.15, 0.2) is 41.1 Å². The number of nitro benzene ring substituents is 1. The van der Waals surface area contributed by atoms with Crippen molar-refractivity contribution in [2.45, 2.75) is 6.61 Å². The monoisotopic (exact) mass is 342 g/mol. The van der Waals surface area contributed by atoms with Crippen molar-refractivity contribution in [3.8, 4) is 5.75 Å². The first kappa shape index (κ1) is 13.8. The average Bonchev–Trinajstić information content (AvgIpc) is 2.37. The highest BCUT2D eigenvalue weighted by molar-refractivity contribution is 9.10. The maximum absolute atomic E-state index is 10.8. The zero-order chi connectivity index (χ0) is 13.8. The van der Waals surface area contributed by atoms with Crippen LogP contribution < -0.4 is 4.74 Å². The number of ether oxygens (including phenoxy) is 1. The van der Waals surface area contributed by atoms with Crippen molar-refractivity contribution in [2.75, 3.05) is 0 Å².